The zero-order chi connectivity index (χ0) is 19.4. The number of aromatic nitrogens is 2. The number of rotatable bonds is 2. The highest BCUT2D eigenvalue weighted by atomic mass is 32.1. The standard InChI is InChI=1S/C22H22FN3OS/c1-11-6-18(25-21-16(11)8-13(3)27-21)15-9-17(23)20-19(10-15)28-22(26-20)14-4-5-24-12(2)7-14/h6,8-10,12,14,24H,4-5,7H2,1-3H3/t12-,14?/m1/s1. The third-order valence-corrected chi connectivity index (χ3v) is 6.73. The van der Waals surface area contributed by atoms with Crippen LogP contribution in [-0.4, -0.2) is 22.6 Å². The van der Waals surface area contributed by atoms with E-state index in [2.05, 4.69) is 22.2 Å². The summed E-state index contributed by atoms with van der Waals surface area (Å²) in [6, 6.07) is 8.00. The van der Waals surface area contributed by atoms with Gasteiger partial charge in [0, 0.05) is 22.9 Å². The van der Waals surface area contributed by atoms with Crippen molar-refractivity contribution in [3.8, 4) is 11.3 Å². The van der Waals surface area contributed by atoms with E-state index in [0.29, 0.717) is 23.2 Å². The van der Waals surface area contributed by atoms with Crippen LogP contribution < -0.4 is 5.32 Å². The van der Waals surface area contributed by atoms with Crippen LogP contribution in [-0.2, 0) is 0 Å². The van der Waals surface area contributed by atoms with Gasteiger partial charge in [-0.1, -0.05) is 0 Å². The van der Waals surface area contributed by atoms with Crippen LogP contribution in [0.4, 0.5) is 4.39 Å². The van der Waals surface area contributed by atoms with E-state index in [1.807, 2.05) is 32.0 Å². The predicted molar refractivity (Wildman–Crippen MR) is 111 cm³/mol. The second-order valence-corrected chi connectivity index (χ2v) is 8.90. The van der Waals surface area contributed by atoms with E-state index < -0.39 is 0 Å². The maximum atomic E-state index is 14.9. The predicted octanol–water partition coefficient (Wildman–Crippen LogP) is 5.72. The Kier molecular flexibility index (Phi) is 4.21. The third kappa shape index (κ3) is 3.01. The molecule has 1 saturated heterocycles. The van der Waals surface area contributed by atoms with Gasteiger partial charge in [0.2, 0.25) is 5.71 Å². The van der Waals surface area contributed by atoms with E-state index in [9.17, 15) is 4.39 Å². The molecule has 0 spiro atoms. The highest BCUT2D eigenvalue weighted by Gasteiger charge is 2.24. The topological polar surface area (TPSA) is 51.0 Å². The van der Waals surface area contributed by atoms with E-state index >= 15 is 0 Å². The van der Waals surface area contributed by atoms with E-state index in [1.54, 1.807) is 17.4 Å². The van der Waals surface area contributed by atoms with Crippen molar-refractivity contribution in [1.29, 1.82) is 0 Å². The highest BCUT2D eigenvalue weighted by molar-refractivity contribution is 7.18. The Morgan fingerprint density at radius 1 is 1.18 bits per heavy atom. The van der Waals surface area contributed by atoms with Gasteiger partial charge in [-0.15, -0.1) is 11.3 Å². The van der Waals surface area contributed by atoms with Crippen molar-refractivity contribution in [3.63, 3.8) is 0 Å². The number of furan rings is 1. The van der Waals surface area contributed by atoms with Crippen molar-refractivity contribution in [1.82, 2.24) is 15.3 Å². The lowest BCUT2D eigenvalue weighted by molar-refractivity contribution is 0.381. The van der Waals surface area contributed by atoms with Gasteiger partial charge in [0.05, 0.1) is 15.4 Å². The zero-order valence-electron chi connectivity index (χ0n) is 16.2. The molecule has 2 atom stereocenters. The molecule has 0 saturated carbocycles. The second kappa shape index (κ2) is 6.64. The molecular formula is C22H22FN3OS. The molecule has 144 valence electrons. The first-order valence-corrected chi connectivity index (χ1v) is 10.5. The minimum absolute atomic E-state index is 0.285. The van der Waals surface area contributed by atoms with E-state index in [0.717, 1.165) is 57.1 Å². The average Bonchev–Trinajstić information content (AvgIpc) is 3.25. The molecule has 1 aliphatic heterocycles. The third-order valence-electron chi connectivity index (χ3n) is 5.57. The van der Waals surface area contributed by atoms with E-state index in [-0.39, 0.29) is 5.82 Å². The van der Waals surface area contributed by atoms with Gasteiger partial charge in [0.25, 0.3) is 0 Å². The first kappa shape index (κ1) is 17.8. The molecule has 6 heteroatoms. The van der Waals surface area contributed by atoms with Crippen molar-refractivity contribution in [3.05, 3.63) is 46.4 Å². The molecule has 1 aromatic carbocycles. The lowest BCUT2D eigenvalue weighted by atomic mass is 9.94. The summed E-state index contributed by atoms with van der Waals surface area (Å²) in [6.45, 7) is 7.12. The summed E-state index contributed by atoms with van der Waals surface area (Å²) in [7, 11) is 0. The summed E-state index contributed by atoms with van der Waals surface area (Å²) < 4.78 is 21.5. The van der Waals surface area contributed by atoms with E-state index in [1.165, 1.54) is 0 Å². The zero-order valence-corrected chi connectivity index (χ0v) is 17.0. The van der Waals surface area contributed by atoms with Gasteiger partial charge in [-0.25, -0.2) is 14.4 Å². The summed E-state index contributed by atoms with van der Waals surface area (Å²) in [6.07, 6.45) is 2.09. The molecule has 4 heterocycles. The largest absolute Gasteiger partial charge is 0.443 e. The number of piperidine rings is 1. The van der Waals surface area contributed by atoms with Gasteiger partial charge in [-0.05, 0) is 70.0 Å². The van der Waals surface area contributed by atoms with Crippen molar-refractivity contribution < 1.29 is 8.81 Å². The molecule has 0 bridgehead atoms. The van der Waals surface area contributed by atoms with Crippen LogP contribution in [0.25, 0.3) is 32.6 Å². The molecule has 1 unspecified atom stereocenters. The van der Waals surface area contributed by atoms with Gasteiger partial charge in [-0.2, -0.15) is 0 Å². The molecule has 4 aromatic rings. The Morgan fingerprint density at radius 2 is 2.04 bits per heavy atom. The normalized spacial score (nSPS) is 20.3. The van der Waals surface area contributed by atoms with Crippen molar-refractivity contribution >= 4 is 32.7 Å². The fraction of sp³-hybridized carbons (Fsp3) is 0.364. The van der Waals surface area contributed by atoms with Crippen LogP contribution in [0.15, 0.2) is 28.7 Å². The molecule has 0 radical (unpaired) electrons. The van der Waals surface area contributed by atoms with E-state index in [4.69, 9.17) is 4.42 Å². The molecule has 0 aliphatic carbocycles. The Hall–Kier alpha value is -2.31. The lowest BCUT2D eigenvalue weighted by Crippen LogP contribution is -2.34. The fourth-order valence-electron chi connectivity index (χ4n) is 4.12. The van der Waals surface area contributed by atoms with Gasteiger partial charge in [0.1, 0.15) is 11.3 Å². The average molecular weight is 396 g/mol. The molecule has 3 aromatic heterocycles. The number of benzene rings is 1. The van der Waals surface area contributed by atoms with Gasteiger partial charge < -0.3 is 9.73 Å². The molecule has 5 rings (SSSR count). The number of pyridine rings is 1. The minimum Gasteiger partial charge on any atom is -0.443 e. The van der Waals surface area contributed by atoms with Crippen LogP contribution >= 0.6 is 11.3 Å². The molecule has 1 fully saturated rings. The Morgan fingerprint density at radius 3 is 2.86 bits per heavy atom. The van der Waals surface area contributed by atoms with Crippen LogP contribution in [0.2, 0.25) is 0 Å². The monoisotopic (exact) mass is 395 g/mol. The molecule has 1 aliphatic rings. The first-order valence-electron chi connectivity index (χ1n) is 9.69. The van der Waals surface area contributed by atoms with Crippen LogP contribution in [0.5, 0.6) is 0 Å². The maximum Gasteiger partial charge on any atom is 0.227 e. The molecule has 1 N–H and O–H groups in total. The number of hydrogen-bond acceptors (Lipinski definition) is 5. The molecule has 4 nitrogen and oxygen atoms in total. The SMILES string of the molecule is Cc1cc2c(C)cc(-c3cc(F)c4nc(C5CCN[C@H](C)C5)sc4c3)nc2o1. The number of nitrogens with zero attached hydrogens (tertiary/aromatic N) is 2. The Balaban J connectivity index is 1.59. The lowest BCUT2D eigenvalue weighted by Gasteiger charge is -2.26. The van der Waals surface area contributed by atoms with Crippen molar-refractivity contribution in [2.45, 2.75) is 45.6 Å². The van der Waals surface area contributed by atoms with Gasteiger partial charge >= 0.3 is 0 Å². The Labute approximate surface area is 166 Å². The first-order chi connectivity index (χ1) is 13.5. The summed E-state index contributed by atoms with van der Waals surface area (Å²) >= 11 is 1.61. The summed E-state index contributed by atoms with van der Waals surface area (Å²) in [5, 5.41) is 5.51. The van der Waals surface area contributed by atoms with Crippen molar-refractivity contribution in [2.24, 2.45) is 0 Å². The van der Waals surface area contributed by atoms with Gasteiger partial charge in [-0.3, -0.25) is 0 Å². The van der Waals surface area contributed by atoms with Gasteiger partial charge in [0.15, 0.2) is 5.82 Å². The maximum absolute atomic E-state index is 14.9. The highest BCUT2D eigenvalue weighted by Crippen LogP contribution is 2.37. The summed E-state index contributed by atoms with van der Waals surface area (Å²) in [4.78, 5) is 9.28. The van der Waals surface area contributed by atoms with Crippen LogP contribution in [0, 0.1) is 19.7 Å². The summed E-state index contributed by atoms with van der Waals surface area (Å²) in [5.74, 6) is 0.944. The minimum atomic E-state index is -0.285. The molecule has 0 amide bonds. The smallest absolute Gasteiger partial charge is 0.227 e. The van der Waals surface area contributed by atoms with Crippen molar-refractivity contribution in [2.75, 3.05) is 6.54 Å². The number of nitrogens with one attached hydrogen (secondary N) is 1. The van der Waals surface area contributed by atoms with Crippen LogP contribution in [0.1, 0.15) is 42.0 Å². The number of hydrogen-bond donors (Lipinski definition) is 1. The second-order valence-electron chi connectivity index (χ2n) is 7.83. The number of thiazole rings is 1. The molecular weight excluding hydrogens is 373 g/mol. The number of aryl methyl sites for hydroxylation is 2. The fourth-order valence-corrected chi connectivity index (χ4v) is 5.29. The van der Waals surface area contributed by atoms with Crippen LogP contribution in [0.3, 0.4) is 0 Å². The Bertz CT molecular complexity index is 1200. The number of fused-ring (bicyclic) bond motifs is 2. The number of halogens is 1. The summed E-state index contributed by atoms with van der Waals surface area (Å²) in [5.41, 5.74) is 3.64. The molecule has 28 heavy (non-hydrogen) atoms. The quantitative estimate of drug-likeness (QED) is 0.472.